The van der Waals surface area contributed by atoms with Crippen LogP contribution in [0, 0.1) is 13.8 Å². The average Bonchev–Trinajstić information content (AvgIpc) is 2.54. The molecule has 0 saturated heterocycles. The van der Waals surface area contributed by atoms with E-state index in [-0.39, 0.29) is 0 Å². The van der Waals surface area contributed by atoms with E-state index in [2.05, 4.69) is 24.6 Å². The van der Waals surface area contributed by atoms with Crippen molar-refractivity contribution < 1.29 is 4.42 Å². The van der Waals surface area contributed by atoms with Crippen LogP contribution in [0.5, 0.6) is 0 Å². The second kappa shape index (κ2) is 5.35. The van der Waals surface area contributed by atoms with Gasteiger partial charge in [-0.2, -0.15) is 0 Å². The van der Waals surface area contributed by atoms with E-state index in [4.69, 9.17) is 4.42 Å². The largest absolute Gasteiger partial charge is 0.441 e. The van der Waals surface area contributed by atoms with E-state index in [0.717, 1.165) is 23.4 Å². The van der Waals surface area contributed by atoms with Crippen molar-refractivity contribution in [2.24, 2.45) is 0 Å². The lowest BCUT2D eigenvalue weighted by Gasteiger charge is -1.90. The van der Waals surface area contributed by atoms with Crippen molar-refractivity contribution in [1.29, 1.82) is 0 Å². The molecule has 0 atom stereocenters. The van der Waals surface area contributed by atoms with E-state index in [1.54, 1.807) is 0 Å². The van der Waals surface area contributed by atoms with E-state index < -0.39 is 0 Å². The third-order valence-corrected chi connectivity index (χ3v) is 2.08. The number of nitrogens with zero attached hydrogens (tertiary/aromatic N) is 1. The quantitative estimate of drug-likeness (QED) is 0.695. The molecule has 0 aromatic carbocycles. The first-order valence-electron chi connectivity index (χ1n) is 5.11. The normalized spacial score (nSPS) is 11.7. The van der Waals surface area contributed by atoms with Gasteiger partial charge in [-0.25, -0.2) is 4.98 Å². The summed E-state index contributed by atoms with van der Waals surface area (Å²) in [7, 11) is 0. The lowest BCUT2D eigenvalue weighted by atomic mass is 10.2. The number of aromatic nitrogens is 1. The van der Waals surface area contributed by atoms with E-state index in [9.17, 15) is 0 Å². The van der Waals surface area contributed by atoms with Crippen LogP contribution in [0.1, 0.15) is 30.7 Å². The van der Waals surface area contributed by atoms with Crippen LogP contribution >= 0.6 is 0 Å². The fourth-order valence-corrected chi connectivity index (χ4v) is 1.07. The summed E-state index contributed by atoms with van der Waals surface area (Å²) >= 11 is 0. The minimum Gasteiger partial charge on any atom is -0.441 e. The van der Waals surface area contributed by atoms with Crippen LogP contribution in [0.15, 0.2) is 35.3 Å². The summed E-state index contributed by atoms with van der Waals surface area (Å²) in [5, 5.41) is 0. The number of hydrogen-bond donors (Lipinski definition) is 0. The Morgan fingerprint density at radius 3 is 2.67 bits per heavy atom. The lowest BCUT2D eigenvalue weighted by Crippen LogP contribution is -1.78. The van der Waals surface area contributed by atoms with Gasteiger partial charge in [0.15, 0.2) is 0 Å². The van der Waals surface area contributed by atoms with E-state index in [1.807, 2.05) is 32.1 Å². The molecule has 0 aliphatic rings. The second-order valence-corrected chi connectivity index (χ2v) is 3.38. The van der Waals surface area contributed by atoms with Crippen molar-refractivity contribution in [3.05, 3.63) is 48.2 Å². The summed E-state index contributed by atoms with van der Waals surface area (Å²) in [6, 6.07) is 0. The molecule has 0 amide bonds. The summed E-state index contributed by atoms with van der Waals surface area (Å²) in [4.78, 5) is 4.27. The maximum absolute atomic E-state index is 5.45. The summed E-state index contributed by atoms with van der Waals surface area (Å²) in [5.74, 6) is 1.45. The van der Waals surface area contributed by atoms with Gasteiger partial charge in [-0.05, 0) is 20.3 Å². The highest BCUT2D eigenvalue weighted by molar-refractivity contribution is 5.66. The zero-order valence-corrected chi connectivity index (χ0v) is 9.58. The summed E-state index contributed by atoms with van der Waals surface area (Å²) < 4.78 is 5.45. The van der Waals surface area contributed by atoms with Crippen LogP contribution in [0.2, 0.25) is 0 Å². The maximum atomic E-state index is 5.45. The first-order valence-corrected chi connectivity index (χ1v) is 5.11. The van der Waals surface area contributed by atoms with Crippen molar-refractivity contribution in [3.63, 3.8) is 0 Å². The van der Waals surface area contributed by atoms with E-state index in [1.165, 1.54) is 0 Å². The van der Waals surface area contributed by atoms with Crippen molar-refractivity contribution in [2.45, 2.75) is 27.2 Å². The molecule has 0 spiro atoms. The molecule has 2 heteroatoms. The van der Waals surface area contributed by atoms with Gasteiger partial charge in [0.1, 0.15) is 5.76 Å². The highest BCUT2D eigenvalue weighted by Crippen LogP contribution is 2.16. The highest BCUT2D eigenvalue weighted by atomic mass is 16.4. The Morgan fingerprint density at radius 2 is 2.13 bits per heavy atom. The molecule has 1 rings (SSSR count). The van der Waals surface area contributed by atoms with Gasteiger partial charge in [0.05, 0.1) is 5.69 Å². The topological polar surface area (TPSA) is 26.0 Å². The van der Waals surface area contributed by atoms with Gasteiger partial charge in [0, 0.05) is 5.57 Å². The third-order valence-electron chi connectivity index (χ3n) is 2.08. The van der Waals surface area contributed by atoms with Gasteiger partial charge in [0.25, 0.3) is 0 Å². The Morgan fingerprint density at radius 1 is 1.40 bits per heavy atom. The zero-order valence-electron chi connectivity index (χ0n) is 9.58. The summed E-state index contributed by atoms with van der Waals surface area (Å²) in [5.41, 5.74) is 1.72. The first kappa shape index (κ1) is 11.5. The van der Waals surface area contributed by atoms with E-state index in [0.29, 0.717) is 5.89 Å². The van der Waals surface area contributed by atoms with Crippen LogP contribution in [0.25, 0.3) is 5.57 Å². The zero-order chi connectivity index (χ0) is 11.3. The Bertz CT molecular complexity index is 377. The molecule has 1 aromatic heterocycles. The first-order chi connectivity index (χ1) is 7.15. The molecule has 0 aliphatic heterocycles. The standard InChI is InChI=1S/C13H17NO/c1-5-6-7-8-9-10(2)13-14-11(3)12(4)15-13/h6-9H,2,5H2,1,3-4H3/b7-6-,9-8-. The monoisotopic (exact) mass is 203 g/mol. The molecular weight excluding hydrogens is 186 g/mol. The van der Waals surface area contributed by atoms with Crippen molar-refractivity contribution in [1.82, 2.24) is 4.98 Å². The Balaban J connectivity index is 2.69. The third kappa shape index (κ3) is 3.24. The van der Waals surface area contributed by atoms with Crippen LogP contribution < -0.4 is 0 Å². The number of aryl methyl sites for hydroxylation is 2. The Kier molecular flexibility index (Phi) is 4.10. The van der Waals surface area contributed by atoms with Crippen molar-refractivity contribution in [2.75, 3.05) is 0 Å². The summed E-state index contributed by atoms with van der Waals surface area (Å²) in [6.07, 6.45) is 8.95. The SMILES string of the molecule is C=C(/C=C\C=C/CC)c1nc(C)c(C)o1. The number of allylic oxidation sites excluding steroid dienone is 5. The van der Waals surface area contributed by atoms with Gasteiger partial charge in [-0.15, -0.1) is 0 Å². The fourth-order valence-electron chi connectivity index (χ4n) is 1.07. The van der Waals surface area contributed by atoms with Crippen molar-refractivity contribution >= 4 is 5.57 Å². The minimum absolute atomic E-state index is 0.603. The molecule has 0 bridgehead atoms. The Labute approximate surface area is 91.0 Å². The van der Waals surface area contributed by atoms with Gasteiger partial charge in [-0.3, -0.25) is 0 Å². The van der Waals surface area contributed by atoms with Gasteiger partial charge >= 0.3 is 0 Å². The molecule has 0 unspecified atom stereocenters. The second-order valence-electron chi connectivity index (χ2n) is 3.38. The molecular formula is C13H17NO. The van der Waals surface area contributed by atoms with Gasteiger partial charge in [0.2, 0.25) is 5.89 Å². The molecule has 2 nitrogen and oxygen atoms in total. The molecule has 1 heterocycles. The van der Waals surface area contributed by atoms with E-state index >= 15 is 0 Å². The minimum atomic E-state index is 0.603. The molecule has 0 saturated carbocycles. The molecule has 0 aliphatic carbocycles. The maximum Gasteiger partial charge on any atom is 0.225 e. The highest BCUT2D eigenvalue weighted by Gasteiger charge is 2.05. The van der Waals surface area contributed by atoms with Crippen molar-refractivity contribution in [3.8, 4) is 0 Å². The van der Waals surface area contributed by atoms with Crippen LogP contribution in [0.4, 0.5) is 0 Å². The molecule has 80 valence electrons. The van der Waals surface area contributed by atoms with Gasteiger partial charge < -0.3 is 4.42 Å². The molecule has 0 radical (unpaired) electrons. The summed E-state index contributed by atoms with van der Waals surface area (Å²) in [6.45, 7) is 9.83. The number of rotatable bonds is 4. The predicted octanol–water partition coefficient (Wildman–Crippen LogP) is 3.83. The number of hydrogen-bond acceptors (Lipinski definition) is 2. The smallest absolute Gasteiger partial charge is 0.225 e. The van der Waals surface area contributed by atoms with Crippen LogP contribution in [0.3, 0.4) is 0 Å². The predicted molar refractivity (Wildman–Crippen MR) is 63.6 cm³/mol. The Hall–Kier alpha value is -1.57. The van der Waals surface area contributed by atoms with Crippen LogP contribution in [-0.4, -0.2) is 4.98 Å². The molecule has 0 fully saturated rings. The fraction of sp³-hybridized carbons (Fsp3) is 0.308. The molecule has 1 aromatic rings. The van der Waals surface area contributed by atoms with Gasteiger partial charge in [-0.1, -0.05) is 37.8 Å². The molecule has 0 N–H and O–H groups in total. The number of oxazole rings is 1. The lowest BCUT2D eigenvalue weighted by molar-refractivity contribution is 0.513. The van der Waals surface area contributed by atoms with Crippen LogP contribution in [-0.2, 0) is 0 Å². The average molecular weight is 203 g/mol. The molecule has 15 heavy (non-hydrogen) atoms.